The zero-order chi connectivity index (χ0) is 13.5. The van der Waals surface area contributed by atoms with Gasteiger partial charge in [-0.15, -0.1) is 0 Å². The van der Waals surface area contributed by atoms with Gasteiger partial charge in [-0.3, -0.25) is 9.67 Å². The second-order valence-electron chi connectivity index (χ2n) is 5.34. The molecule has 0 aliphatic heterocycles. The maximum Gasteiger partial charge on any atom is 0.195 e. The van der Waals surface area contributed by atoms with E-state index < -0.39 is 0 Å². The third kappa shape index (κ3) is 2.22. The highest BCUT2D eigenvalue weighted by Gasteiger charge is 2.22. The Morgan fingerprint density at radius 1 is 1.33 bits per heavy atom. The molecule has 3 nitrogen and oxygen atoms in total. The molecule has 5 heteroatoms. The maximum atomic E-state index is 14.0. The van der Waals surface area contributed by atoms with Crippen molar-refractivity contribution in [2.75, 3.05) is 0 Å². The average Bonchev–Trinajstić information content (AvgIpc) is 2.59. The first kappa shape index (κ1) is 13.0. The summed E-state index contributed by atoms with van der Waals surface area (Å²) in [6.07, 6.45) is 0. The molecule has 18 heavy (non-hydrogen) atoms. The first-order valence-corrected chi connectivity index (χ1v) is 6.16. The van der Waals surface area contributed by atoms with Gasteiger partial charge in [-0.1, -0.05) is 6.07 Å². The molecule has 0 saturated heterocycles. The number of benzene rings is 1. The summed E-state index contributed by atoms with van der Waals surface area (Å²) in [4.78, 5) is 0. The number of hydrogen-bond acceptors (Lipinski definition) is 2. The Kier molecular flexibility index (Phi) is 3.11. The highest BCUT2D eigenvalue weighted by molar-refractivity contribution is 7.71. The molecular formula is C13H16FN3S. The summed E-state index contributed by atoms with van der Waals surface area (Å²) >= 11 is 5.21. The van der Waals surface area contributed by atoms with E-state index in [1.165, 1.54) is 6.07 Å². The molecule has 0 amide bonds. The number of H-pyrrole nitrogens is 1. The van der Waals surface area contributed by atoms with Crippen LogP contribution >= 0.6 is 12.2 Å². The standard InChI is InChI=1S/C13H16FN3S/c1-8-5-6-9(10(14)7-8)11-15-16-12(18)17(11)13(2,3)4/h5-7H,1-4H3,(H,16,18). The molecule has 0 aliphatic rings. The summed E-state index contributed by atoms with van der Waals surface area (Å²) < 4.78 is 16.3. The summed E-state index contributed by atoms with van der Waals surface area (Å²) in [7, 11) is 0. The monoisotopic (exact) mass is 265 g/mol. The number of aryl methyl sites for hydroxylation is 1. The predicted octanol–water partition coefficient (Wildman–Crippen LogP) is 3.81. The minimum Gasteiger partial charge on any atom is -0.295 e. The number of hydrogen-bond donors (Lipinski definition) is 1. The number of aromatic nitrogens is 3. The lowest BCUT2D eigenvalue weighted by Gasteiger charge is -2.22. The molecule has 96 valence electrons. The lowest BCUT2D eigenvalue weighted by Crippen LogP contribution is -2.23. The molecule has 1 aromatic heterocycles. The van der Waals surface area contributed by atoms with Crippen LogP contribution in [-0.2, 0) is 5.54 Å². The molecule has 0 bridgehead atoms. The molecular weight excluding hydrogens is 249 g/mol. The van der Waals surface area contributed by atoms with E-state index in [4.69, 9.17) is 12.2 Å². The zero-order valence-electron chi connectivity index (χ0n) is 10.9. The van der Waals surface area contributed by atoms with Crippen LogP contribution in [-0.4, -0.2) is 14.8 Å². The Balaban J connectivity index is 2.69. The number of nitrogens with one attached hydrogen (secondary N) is 1. The topological polar surface area (TPSA) is 33.6 Å². The second-order valence-corrected chi connectivity index (χ2v) is 5.73. The van der Waals surface area contributed by atoms with Crippen LogP contribution in [0.4, 0.5) is 4.39 Å². The highest BCUT2D eigenvalue weighted by atomic mass is 32.1. The number of nitrogens with zero attached hydrogens (tertiary/aromatic N) is 2. The molecule has 1 aromatic carbocycles. The van der Waals surface area contributed by atoms with Crippen molar-refractivity contribution in [1.82, 2.24) is 14.8 Å². The highest BCUT2D eigenvalue weighted by Crippen LogP contribution is 2.26. The fourth-order valence-electron chi connectivity index (χ4n) is 1.90. The van der Waals surface area contributed by atoms with Gasteiger partial charge in [-0.2, -0.15) is 5.10 Å². The van der Waals surface area contributed by atoms with Crippen LogP contribution < -0.4 is 0 Å². The molecule has 1 heterocycles. The Bertz CT molecular complexity index is 634. The summed E-state index contributed by atoms with van der Waals surface area (Å²) in [5.41, 5.74) is 1.09. The lowest BCUT2D eigenvalue weighted by atomic mass is 10.1. The van der Waals surface area contributed by atoms with Gasteiger partial charge in [0.25, 0.3) is 0 Å². The van der Waals surface area contributed by atoms with E-state index in [9.17, 15) is 4.39 Å². The van der Waals surface area contributed by atoms with Crippen LogP contribution in [0, 0.1) is 17.5 Å². The van der Waals surface area contributed by atoms with Gasteiger partial charge in [0, 0.05) is 5.54 Å². The predicted molar refractivity (Wildman–Crippen MR) is 72.5 cm³/mol. The Labute approximate surface area is 111 Å². The van der Waals surface area contributed by atoms with Crippen molar-refractivity contribution in [3.8, 4) is 11.4 Å². The minimum atomic E-state index is -0.283. The summed E-state index contributed by atoms with van der Waals surface area (Å²) in [5, 5.41) is 6.88. The van der Waals surface area contributed by atoms with Gasteiger partial charge in [0.2, 0.25) is 0 Å². The summed E-state index contributed by atoms with van der Waals surface area (Å²) in [6, 6.07) is 5.10. The fourth-order valence-corrected chi connectivity index (χ4v) is 2.31. The van der Waals surface area contributed by atoms with Crippen LogP contribution in [0.25, 0.3) is 11.4 Å². The van der Waals surface area contributed by atoms with Crippen LogP contribution in [0.1, 0.15) is 26.3 Å². The fraction of sp³-hybridized carbons (Fsp3) is 0.385. The molecule has 0 radical (unpaired) electrons. The quantitative estimate of drug-likeness (QED) is 0.795. The van der Waals surface area contributed by atoms with E-state index in [0.29, 0.717) is 16.2 Å². The number of aromatic amines is 1. The summed E-state index contributed by atoms with van der Waals surface area (Å²) in [5.74, 6) is 0.250. The van der Waals surface area contributed by atoms with E-state index in [0.717, 1.165) is 5.56 Å². The molecule has 0 aliphatic carbocycles. The number of rotatable bonds is 1. The van der Waals surface area contributed by atoms with Crippen molar-refractivity contribution in [3.05, 3.63) is 34.4 Å². The first-order chi connectivity index (χ1) is 8.30. The van der Waals surface area contributed by atoms with Crippen molar-refractivity contribution < 1.29 is 4.39 Å². The van der Waals surface area contributed by atoms with Gasteiger partial charge in [-0.05, 0) is 57.6 Å². The maximum absolute atomic E-state index is 14.0. The molecule has 0 saturated carbocycles. The Hall–Kier alpha value is -1.49. The van der Waals surface area contributed by atoms with E-state index in [2.05, 4.69) is 10.2 Å². The van der Waals surface area contributed by atoms with Gasteiger partial charge < -0.3 is 0 Å². The SMILES string of the molecule is Cc1ccc(-c2n[nH]c(=S)n2C(C)(C)C)c(F)c1. The van der Waals surface area contributed by atoms with Crippen molar-refractivity contribution in [2.45, 2.75) is 33.2 Å². The van der Waals surface area contributed by atoms with Crippen LogP contribution in [0.15, 0.2) is 18.2 Å². The van der Waals surface area contributed by atoms with Crippen molar-refractivity contribution in [1.29, 1.82) is 0 Å². The van der Waals surface area contributed by atoms with Crippen molar-refractivity contribution in [3.63, 3.8) is 0 Å². The van der Waals surface area contributed by atoms with Gasteiger partial charge in [0.1, 0.15) is 5.82 Å². The molecule has 2 rings (SSSR count). The Morgan fingerprint density at radius 2 is 2.00 bits per heavy atom. The van der Waals surface area contributed by atoms with Crippen LogP contribution in [0.2, 0.25) is 0 Å². The largest absolute Gasteiger partial charge is 0.295 e. The third-order valence-electron chi connectivity index (χ3n) is 2.71. The first-order valence-electron chi connectivity index (χ1n) is 5.75. The summed E-state index contributed by atoms with van der Waals surface area (Å²) in [6.45, 7) is 7.88. The van der Waals surface area contributed by atoms with E-state index >= 15 is 0 Å². The molecule has 0 atom stereocenters. The van der Waals surface area contributed by atoms with Crippen LogP contribution in [0.3, 0.4) is 0 Å². The van der Waals surface area contributed by atoms with Crippen LogP contribution in [0.5, 0.6) is 0 Å². The Morgan fingerprint density at radius 3 is 2.56 bits per heavy atom. The molecule has 0 unspecified atom stereocenters. The van der Waals surface area contributed by atoms with E-state index in [1.807, 2.05) is 38.3 Å². The normalized spacial score (nSPS) is 11.8. The van der Waals surface area contributed by atoms with Gasteiger partial charge in [0.15, 0.2) is 10.6 Å². The lowest BCUT2D eigenvalue weighted by molar-refractivity contribution is 0.395. The second kappa shape index (κ2) is 4.31. The third-order valence-corrected chi connectivity index (χ3v) is 2.98. The number of halogens is 1. The minimum absolute atomic E-state index is 0.253. The molecule has 1 N–H and O–H groups in total. The smallest absolute Gasteiger partial charge is 0.195 e. The van der Waals surface area contributed by atoms with Crippen molar-refractivity contribution in [2.24, 2.45) is 0 Å². The van der Waals surface area contributed by atoms with Gasteiger partial charge >= 0.3 is 0 Å². The van der Waals surface area contributed by atoms with Crippen molar-refractivity contribution >= 4 is 12.2 Å². The van der Waals surface area contributed by atoms with Gasteiger partial charge in [-0.25, -0.2) is 4.39 Å². The van der Waals surface area contributed by atoms with E-state index in [-0.39, 0.29) is 11.4 Å². The van der Waals surface area contributed by atoms with E-state index in [1.54, 1.807) is 6.07 Å². The molecule has 2 aromatic rings. The van der Waals surface area contributed by atoms with Gasteiger partial charge in [0.05, 0.1) is 5.56 Å². The molecule has 0 spiro atoms. The average molecular weight is 265 g/mol. The molecule has 0 fully saturated rings. The zero-order valence-corrected chi connectivity index (χ0v) is 11.7.